The highest BCUT2D eigenvalue weighted by atomic mass is 16.3. The molecule has 0 heterocycles. The van der Waals surface area contributed by atoms with Crippen molar-refractivity contribution < 1.29 is 9.90 Å². The third-order valence-corrected chi connectivity index (χ3v) is 0.764. The summed E-state index contributed by atoms with van der Waals surface area (Å²) in [6.07, 6.45) is -1.07. The fourth-order valence-corrected chi connectivity index (χ4v) is 0.410. The Morgan fingerprint density at radius 2 is 2.44 bits per heavy atom. The molecule has 9 heavy (non-hydrogen) atoms. The van der Waals surface area contributed by atoms with Crippen molar-refractivity contribution in [2.24, 2.45) is 5.73 Å². The first-order chi connectivity index (χ1) is 4.16. The van der Waals surface area contributed by atoms with Crippen LogP contribution in [0.3, 0.4) is 0 Å². The van der Waals surface area contributed by atoms with E-state index in [1.165, 1.54) is 0 Å². The maximum atomic E-state index is 10.0. The SMILES string of the molecule is N#CCC(O)CC(N)=O. The Labute approximate surface area is 52.9 Å². The minimum Gasteiger partial charge on any atom is -0.392 e. The molecule has 0 aliphatic heterocycles. The van der Waals surface area contributed by atoms with Gasteiger partial charge in [-0.1, -0.05) is 0 Å². The largest absolute Gasteiger partial charge is 0.392 e. The van der Waals surface area contributed by atoms with Gasteiger partial charge in [0.2, 0.25) is 5.91 Å². The summed E-state index contributed by atoms with van der Waals surface area (Å²) in [4.78, 5) is 10.0. The molecule has 0 aromatic heterocycles. The number of aliphatic hydroxyl groups is 1. The summed E-state index contributed by atoms with van der Waals surface area (Å²) >= 11 is 0. The van der Waals surface area contributed by atoms with Crippen molar-refractivity contribution in [1.82, 2.24) is 0 Å². The average molecular weight is 128 g/mol. The number of hydrogen-bond acceptors (Lipinski definition) is 3. The van der Waals surface area contributed by atoms with Gasteiger partial charge >= 0.3 is 0 Å². The highest BCUT2D eigenvalue weighted by Gasteiger charge is 2.05. The van der Waals surface area contributed by atoms with Gasteiger partial charge in [-0.2, -0.15) is 5.26 Å². The molecule has 1 unspecified atom stereocenters. The Bertz CT molecular complexity index is 138. The van der Waals surface area contributed by atoms with E-state index in [1.54, 1.807) is 6.07 Å². The molecule has 50 valence electrons. The van der Waals surface area contributed by atoms with Crippen molar-refractivity contribution in [2.75, 3.05) is 0 Å². The zero-order chi connectivity index (χ0) is 7.28. The number of nitriles is 1. The van der Waals surface area contributed by atoms with E-state index in [1.807, 2.05) is 0 Å². The van der Waals surface area contributed by atoms with E-state index in [0.29, 0.717) is 0 Å². The third kappa shape index (κ3) is 4.78. The molecule has 0 spiro atoms. The molecule has 0 rings (SSSR count). The number of amides is 1. The predicted octanol–water partition coefficient (Wildman–Crippen LogP) is -0.864. The predicted molar refractivity (Wildman–Crippen MR) is 30.0 cm³/mol. The van der Waals surface area contributed by atoms with Crippen molar-refractivity contribution in [3.8, 4) is 6.07 Å². The van der Waals surface area contributed by atoms with Crippen LogP contribution in [-0.4, -0.2) is 17.1 Å². The summed E-state index contributed by atoms with van der Waals surface area (Å²) in [5.74, 6) is -0.585. The lowest BCUT2D eigenvalue weighted by Crippen LogP contribution is -2.19. The number of primary amides is 1. The minimum absolute atomic E-state index is 0.0388. The number of aliphatic hydroxyl groups excluding tert-OH is 1. The molecule has 0 aliphatic rings. The summed E-state index contributed by atoms with van der Waals surface area (Å²) in [5, 5.41) is 16.7. The molecule has 0 radical (unpaired) electrons. The van der Waals surface area contributed by atoms with Gasteiger partial charge in [0.1, 0.15) is 0 Å². The monoisotopic (exact) mass is 128 g/mol. The normalized spacial score (nSPS) is 12.0. The van der Waals surface area contributed by atoms with Crippen LogP contribution in [0, 0.1) is 11.3 Å². The molecule has 3 N–H and O–H groups in total. The highest BCUT2D eigenvalue weighted by molar-refractivity contribution is 5.74. The molecular weight excluding hydrogens is 120 g/mol. The fourth-order valence-electron chi connectivity index (χ4n) is 0.410. The quantitative estimate of drug-likeness (QED) is 0.518. The van der Waals surface area contributed by atoms with Gasteiger partial charge in [-0.3, -0.25) is 4.79 Å². The number of nitrogens with zero attached hydrogens (tertiary/aromatic N) is 1. The molecule has 4 heteroatoms. The van der Waals surface area contributed by atoms with E-state index in [-0.39, 0.29) is 12.8 Å². The van der Waals surface area contributed by atoms with Gasteiger partial charge < -0.3 is 10.8 Å². The summed E-state index contributed by atoms with van der Waals surface area (Å²) < 4.78 is 0. The first-order valence-electron chi connectivity index (χ1n) is 2.50. The Kier molecular flexibility index (Phi) is 3.40. The zero-order valence-corrected chi connectivity index (χ0v) is 4.87. The van der Waals surface area contributed by atoms with Crippen LogP contribution in [0.5, 0.6) is 0 Å². The van der Waals surface area contributed by atoms with Gasteiger partial charge in [-0.05, 0) is 0 Å². The maximum Gasteiger partial charge on any atom is 0.220 e. The van der Waals surface area contributed by atoms with Crippen LogP contribution in [0.1, 0.15) is 12.8 Å². The standard InChI is InChI=1S/C5H8N2O2/c6-2-1-4(8)3-5(7)9/h4,8H,1,3H2,(H2,7,9). The maximum absolute atomic E-state index is 10.0. The van der Waals surface area contributed by atoms with Crippen LogP contribution in [0.2, 0.25) is 0 Å². The molecule has 0 aromatic rings. The van der Waals surface area contributed by atoms with Gasteiger partial charge in [0.05, 0.1) is 25.0 Å². The van der Waals surface area contributed by atoms with Gasteiger partial charge in [0.25, 0.3) is 0 Å². The van der Waals surface area contributed by atoms with Crippen LogP contribution in [-0.2, 0) is 4.79 Å². The summed E-state index contributed by atoms with van der Waals surface area (Å²) in [7, 11) is 0. The van der Waals surface area contributed by atoms with Crippen LogP contribution >= 0.6 is 0 Å². The van der Waals surface area contributed by atoms with Gasteiger partial charge in [0, 0.05) is 0 Å². The molecule has 0 fully saturated rings. The van der Waals surface area contributed by atoms with Crippen LogP contribution < -0.4 is 5.73 Å². The van der Waals surface area contributed by atoms with Crippen LogP contribution in [0.25, 0.3) is 0 Å². The lowest BCUT2D eigenvalue weighted by molar-refractivity contribution is -0.119. The minimum atomic E-state index is -0.896. The smallest absolute Gasteiger partial charge is 0.220 e. The third-order valence-electron chi connectivity index (χ3n) is 0.764. The summed E-state index contributed by atoms with van der Waals surface area (Å²) in [6.45, 7) is 0. The van der Waals surface area contributed by atoms with Crippen molar-refractivity contribution >= 4 is 5.91 Å². The van der Waals surface area contributed by atoms with Crippen molar-refractivity contribution in [3.63, 3.8) is 0 Å². The lowest BCUT2D eigenvalue weighted by Gasteiger charge is -1.99. The van der Waals surface area contributed by atoms with E-state index < -0.39 is 12.0 Å². The second-order valence-electron chi connectivity index (χ2n) is 1.69. The highest BCUT2D eigenvalue weighted by Crippen LogP contribution is 1.93. The number of carbonyl (C=O) groups is 1. The van der Waals surface area contributed by atoms with E-state index >= 15 is 0 Å². The molecule has 0 saturated carbocycles. The summed E-state index contributed by atoms with van der Waals surface area (Å²) in [6, 6.07) is 1.72. The second kappa shape index (κ2) is 3.87. The first-order valence-corrected chi connectivity index (χ1v) is 2.50. The van der Waals surface area contributed by atoms with Crippen LogP contribution in [0.15, 0.2) is 0 Å². The number of nitrogens with two attached hydrogens (primary N) is 1. The Balaban J connectivity index is 3.40. The summed E-state index contributed by atoms with van der Waals surface area (Å²) in [5.41, 5.74) is 4.72. The lowest BCUT2D eigenvalue weighted by atomic mass is 10.2. The molecule has 0 saturated heterocycles. The molecular formula is C5H8N2O2. The molecule has 0 aliphatic carbocycles. The number of hydrogen-bond donors (Lipinski definition) is 2. The van der Waals surface area contributed by atoms with E-state index in [2.05, 4.69) is 0 Å². The second-order valence-corrected chi connectivity index (χ2v) is 1.69. The fraction of sp³-hybridized carbons (Fsp3) is 0.600. The Morgan fingerprint density at radius 1 is 1.89 bits per heavy atom. The first kappa shape index (κ1) is 7.92. The topological polar surface area (TPSA) is 87.1 Å². The molecule has 0 bridgehead atoms. The Morgan fingerprint density at radius 3 is 2.78 bits per heavy atom. The molecule has 1 amide bonds. The van der Waals surface area contributed by atoms with Gasteiger partial charge in [-0.15, -0.1) is 0 Å². The van der Waals surface area contributed by atoms with Gasteiger partial charge in [0.15, 0.2) is 0 Å². The van der Waals surface area contributed by atoms with Crippen molar-refractivity contribution in [1.29, 1.82) is 5.26 Å². The van der Waals surface area contributed by atoms with E-state index in [4.69, 9.17) is 16.1 Å². The number of rotatable bonds is 3. The van der Waals surface area contributed by atoms with Crippen LogP contribution in [0.4, 0.5) is 0 Å². The molecule has 1 atom stereocenters. The number of carbonyl (C=O) groups excluding carboxylic acids is 1. The molecule has 0 aromatic carbocycles. The Hall–Kier alpha value is -1.08. The van der Waals surface area contributed by atoms with E-state index in [0.717, 1.165) is 0 Å². The van der Waals surface area contributed by atoms with Gasteiger partial charge in [-0.25, -0.2) is 0 Å². The van der Waals surface area contributed by atoms with Crippen molar-refractivity contribution in [3.05, 3.63) is 0 Å². The zero-order valence-electron chi connectivity index (χ0n) is 4.87. The average Bonchev–Trinajstić information content (AvgIpc) is 1.63. The molecule has 4 nitrogen and oxygen atoms in total. The van der Waals surface area contributed by atoms with E-state index in [9.17, 15) is 4.79 Å². The van der Waals surface area contributed by atoms with Crippen molar-refractivity contribution in [2.45, 2.75) is 18.9 Å².